The number of aromatic nitrogens is 2. The number of hydrogen-bond donors (Lipinski definition) is 1. The molecule has 1 aromatic heterocycles. The van der Waals surface area contributed by atoms with Gasteiger partial charge in [-0.2, -0.15) is 0 Å². The molecular weight excluding hydrogens is 384 g/mol. The Kier molecular flexibility index (Phi) is 4.80. The van der Waals surface area contributed by atoms with Crippen LogP contribution in [0.15, 0.2) is 47.8 Å². The van der Waals surface area contributed by atoms with E-state index >= 15 is 0 Å². The van der Waals surface area contributed by atoms with Gasteiger partial charge in [-0.1, -0.05) is 49.8 Å². The zero-order chi connectivity index (χ0) is 20.1. The molecule has 1 saturated carbocycles. The fourth-order valence-electron chi connectivity index (χ4n) is 5.55. The van der Waals surface area contributed by atoms with Crippen LogP contribution in [0.1, 0.15) is 26.7 Å². The molecule has 2 unspecified atom stereocenters. The normalized spacial score (nSPS) is 35.9. The summed E-state index contributed by atoms with van der Waals surface area (Å²) in [6.45, 7) is 9.61. The Morgan fingerprint density at radius 3 is 2.59 bits per heavy atom. The zero-order valence-electron chi connectivity index (χ0n) is 17.2. The minimum atomic E-state index is 0.199. The van der Waals surface area contributed by atoms with Crippen molar-refractivity contribution in [2.45, 2.75) is 32.8 Å². The Hall–Kier alpha value is -1.69. The maximum Gasteiger partial charge on any atom is 0.225 e. The standard InChI is InChI=1S/C23H29ClN4O/c1-22-14-28(21-26-11-18(24)12-27-21)15-23(22,2)20(22)13-29-19-5-3-16(4-6-19)17-7-9-25-10-8-17/h3-5,7,11-12,19-20,25H,6,8-10,13-15H2,1-2H3/t19?,20?,22-,23+. The van der Waals surface area contributed by atoms with Crippen molar-refractivity contribution in [3.8, 4) is 0 Å². The molecule has 2 aliphatic carbocycles. The molecule has 6 heteroatoms. The lowest BCUT2D eigenvalue weighted by atomic mass is 9.94. The number of nitrogens with zero attached hydrogens (tertiary/aromatic N) is 3. The Labute approximate surface area is 177 Å². The second-order valence-corrected chi connectivity index (χ2v) is 9.69. The summed E-state index contributed by atoms with van der Waals surface area (Å²) < 4.78 is 6.34. The summed E-state index contributed by atoms with van der Waals surface area (Å²) >= 11 is 5.93. The molecule has 0 bridgehead atoms. The first-order valence-corrected chi connectivity index (χ1v) is 11.0. The Morgan fingerprint density at radius 1 is 1.21 bits per heavy atom. The van der Waals surface area contributed by atoms with E-state index in [0.717, 1.165) is 51.6 Å². The molecule has 1 aromatic rings. The Bertz CT molecular complexity index is 861. The fraction of sp³-hybridized carbons (Fsp3) is 0.565. The summed E-state index contributed by atoms with van der Waals surface area (Å²) in [7, 11) is 0. The van der Waals surface area contributed by atoms with Crippen molar-refractivity contribution in [2.75, 3.05) is 37.7 Å². The largest absolute Gasteiger partial charge is 0.373 e. The molecule has 0 amide bonds. The summed E-state index contributed by atoms with van der Waals surface area (Å²) in [6.07, 6.45) is 14.8. The predicted molar refractivity (Wildman–Crippen MR) is 116 cm³/mol. The molecule has 3 heterocycles. The number of rotatable bonds is 5. The van der Waals surface area contributed by atoms with Crippen LogP contribution in [0.2, 0.25) is 5.02 Å². The highest BCUT2D eigenvalue weighted by atomic mass is 35.5. The molecule has 154 valence electrons. The van der Waals surface area contributed by atoms with Crippen LogP contribution in [-0.4, -0.2) is 48.9 Å². The molecule has 29 heavy (non-hydrogen) atoms. The van der Waals surface area contributed by atoms with E-state index in [-0.39, 0.29) is 16.9 Å². The molecule has 2 fully saturated rings. The number of ether oxygens (including phenoxy) is 1. The minimum absolute atomic E-state index is 0.199. The van der Waals surface area contributed by atoms with Gasteiger partial charge < -0.3 is 15.0 Å². The zero-order valence-corrected chi connectivity index (χ0v) is 18.0. The van der Waals surface area contributed by atoms with E-state index in [1.165, 1.54) is 11.1 Å². The van der Waals surface area contributed by atoms with Crippen LogP contribution in [0.25, 0.3) is 0 Å². The molecular formula is C23H29ClN4O. The lowest BCUT2D eigenvalue weighted by Crippen LogP contribution is -2.30. The van der Waals surface area contributed by atoms with Crippen molar-refractivity contribution < 1.29 is 4.74 Å². The number of piperidine rings is 1. The average Bonchev–Trinajstić information content (AvgIpc) is 3.03. The summed E-state index contributed by atoms with van der Waals surface area (Å²) in [4.78, 5) is 11.1. The van der Waals surface area contributed by atoms with Gasteiger partial charge >= 0.3 is 0 Å². The highest BCUT2D eigenvalue weighted by Crippen LogP contribution is 2.72. The number of fused-ring (bicyclic) bond motifs is 1. The number of anilines is 1. The second kappa shape index (κ2) is 7.22. The maximum absolute atomic E-state index is 6.34. The summed E-state index contributed by atoms with van der Waals surface area (Å²) in [5.74, 6) is 1.37. The van der Waals surface area contributed by atoms with Gasteiger partial charge in [-0.3, -0.25) is 0 Å². The van der Waals surface area contributed by atoms with Gasteiger partial charge in [0, 0.05) is 19.6 Å². The first-order valence-electron chi connectivity index (χ1n) is 10.6. The van der Waals surface area contributed by atoms with E-state index in [2.05, 4.69) is 58.3 Å². The van der Waals surface area contributed by atoms with Crippen molar-refractivity contribution in [1.29, 1.82) is 0 Å². The topological polar surface area (TPSA) is 50.3 Å². The molecule has 4 atom stereocenters. The van der Waals surface area contributed by atoms with Crippen molar-refractivity contribution in [2.24, 2.45) is 16.7 Å². The van der Waals surface area contributed by atoms with Crippen LogP contribution in [0.5, 0.6) is 0 Å². The van der Waals surface area contributed by atoms with E-state index < -0.39 is 0 Å². The monoisotopic (exact) mass is 412 g/mol. The number of halogens is 1. The molecule has 5 rings (SSSR count). The van der Waals surface area contributed by atoms with E-state index in [1.54, 1.807) is 12.4 Å². The highest BCUT2D eigenvalue weighted by Gasteiger charge is 2.75. The molecule has 0 spiro atoms. The van der Waals surface area contributed by atoms with Crippen LogP contribution in [-0.2, 0) is 4.74 Å². The number of hydrogen-bond acceptors (Lipinski definition) is 5. The van der Waals surface area contributed by atoms with Crippen LogP contribution < -0.4 is 10.2 Å². The molecule has 1 N–H and O–H groups in total. The predicted octanol–water partition coefficient (Wildman–Crippen LogP) is 3.78. The summed E-state index contributed by atoms with van der Waals surface area (Å²) in [5.41, 5.74) is 3.37. The van der Waals surface area contributed by atoms with Crippen LogP contribution >= 0.6 is 11.6 Å². The van der Waals surface area contributed by atoms with Crippen molar-refractivity contribution in [3.05, 3.63) is 52.9 Å². The highest BCUT2D eigenvalue weighted by molar-refractivity contribution is 6.30. The fourth-order valence-corrected chi connectivity index (χ4v) is 5.65. The molecule has 4 aliphatic rings. The quantitative estimate of drug-likeness (QED) is 0.797. The third kappa shape index (κ3) is 3.33. The van der Waals surface area contributed by atoms with Gasteiger partial charge in [0.2, 0.25) is 5.95 Å². The van der Waals surface area contributed by atoms with Gasteiger partial charge in [0.15, 0.2) is 0 Å². The number of nitrogens with one attached hydrogen (secondary N) is 1. The summed E-state index contributed by atoms with van der Waals surface area (Å²) in [6, 6.07) is 0. The van der Waals surface area contributed by atoms with Gasteiger partial charge in [-0.15, -0.1) is 0 Å². The van der Waals surface area contributed by atoms with E-state index in [4.69, 9.17) is 16.3 Å². The maximum atomic E-state index is 6.34. The van der Waals surface area contributed by atoms with Gasteiger partial charge in [0.05, 0.1) is 30.1 Å². The smallest absolute Gasteiger partial charge is 0.225 e. The lowest BCUT2D eigenvalue weighted by Gasteiger charge is -2.25. The van der Waals surface area contributed by atoms with Crippen LogP contribution in [0, 0.1) is 16.7 Å². The van der Waals surface area contributed by atoms with Gasteiger partial charge in [0.1, 0.15) is 0 Å². The van der Waals surface area contributed by atoms with Gasteiger partial charge in [-0.25, -0.2) is 9.97 Å². The first kappa shape index (κ1) is 19.3. The van der Waals surface area contributed by atoms with Crippen molar-refractivity contribution in [3.63, 3.8) is 0 Å². The van der Waals surface area contributed by atoms with E-state index in [1.807, 2.05) is 0 Å². The minimum Gasteiger partial charge on any atom is -0.373 e. The van der Waals surface area contributed by atoms with Crippen molar-refractivity contribution >= 4 is 17.5 Å². The summed E-state index contributed by atoms with van der Waals surface area (Å²) in [5, 5.41) is 3.95. The third-order valence-corrected chi connectivity index (χ3v) is 7.86. The average molecular weight is 413 g/mol. The molecule has 5 nitrogen and oxygen atoms in total. The Balaban J connectivity index is 1.15. The van der Waals surface area contributed by atoms with E-state index in [0.29, 0.717) is 10.9 Å². The molecule has 0 radical (unpaired) electrons. The first-order chi connectivity index (χ1) is 14.0. The van der Waals surface area contributed by atoms with Gasteiger partial charge in [-0.05, 0) is 47.3 Å². The number of allylic oxidation sites excluding steroid dienone is 2. The van der Waals surface area contributed by atoms with E-state index in [9.17, 15) is 0 Å². The second-order valence-electron chi connectivity index (χ2n) is 9.25. The van der Waals surface area contributed by atoms with Gasteiger partial charge in [0.25, 0.3) is 0 Å². The Morgan fingerprint density at radius 2 is 1.97 bits per heavy atom. The molecule has 2 aliphatic heterocycles. The molecule has 0 aromatic carbocycles. The SMILES string of the molecule is C[C@@]12CN(c3ncc(Cl)cn3)C[C@]1(C)C2COC1C=CC(C2=CCNCC2)=CC1. The van der Waals surface area contributed by atoms with Crippen LogP contribution in [0.3, 0.4) is 0 Å². The van der Waals surface area contributed by atoms with Crippen molar-refractivity contribution in [1.82, 2.24) is 15.3 Å². The molecule has 1 saturated heterocycles. The van der Waals surface area contributed by atoms with Crippen LogP contribution in [0.4, 0.5) is 5.95 Å². The third-order valence-electron chi connectivity index (χ3n) is 7.66. The lowest BCUT2D eigenvalue weighted by molar-refractivity contribution is 0.0660.